The lowest BCUT2D eigenvalue weighted by molar-refractivity contribution is 0.0958. The number of carbonyl (C=O) groups excluding carboxylic acids is 1. The second-order valence-corrected chi connectivity index (χ2v) is 5.80. The van der Waals surface area contributed by atoms with Crippen LogP contribution in [-0.2, 0) is 0 Å². The van der Waals surface area contributed by atoms with Gasteiger partial charge in [-0.25, -0.2) is 0 Å². The molecule has 1 N–H and O–H groups in total. The molecule has 0 unspecified atom stereocenters. The van der Waals surface area contributed by atoms with Crippen molar-refractivity contribution in [3.8, 4) is 5.75 Å². The highest BCUT2D eigenvalue weighted by atomic mass is 79.9. The highest BCUT2D eigenvalue weighted by Crippen LogP contribution is 2.27. The first-order valence-electron chi connectivity index (χ1n) is 4.35. The lowest BCUT2D eigenvalue weighted by Gasteiger charge is -2.15. The maximum absolute atomic E-state index is 11.8. The molecule has 0 amide bonds. The third-order valence-electron chi connectivity index (χ3n) is 1.94. The number of hydrogen-bond donors (Lipinski definition) is 1. The highest BCUT2D eigenvalue weighted by molar-refractivity contribution is 9.10. The van der Waals surface area contributed by atoms with Gasteiger partial charge in [0.15, 0.2) is 5.78 Å². The van der Waals surface area contributed by atoms with Crippen molar-refractivity contribution in [2.75, 3.05) is 0 Å². The monoisotopic (exact) mass is 256 g/mol. The predicted molar refractivity (Wildman–Crippen MR) is 60.2 cm³/mol. The molecule has 0 bridgehead atoms. The van der Waals surface area contributed by atoms with E-state index >= 15 is 0 Å². The topological polar surface area (TPSA) is 37.3 Å². The molecule has 0 radical (unpaired) electrons. The number of aryl methyl sites for hydroxylation is 1. The maximum atomic E-state index is 11.8. The number of phenols is 1. The minimum atomic E-state index is -0.641. The van der Waals surface area contributed by atoms with Crippen LogP contribution >= 0.6 is 15.9 Å². The van der Waals surface area contributed by atoms with Crippen molar-refractivity contribution >= 4 is 21.7 Å². The molecule has 1 aromatic carbocycles. The van der Waals surface area contributed by atoms with E-state index in [1.54, 1.807) is 32.0 Å². The molecule has 2 nitrogen and oxygen atoms in total. The standard InChI is InChI=1S/C11H13BrO2/c1-7-4-5-9(13)8(6-7)10(14)11(2,3)12/h4-6,13H,1-3H3. The Kier molecular flexibility index (Phi) is 3.00. The molecule has 0 aliphatic carbocycles. The number of halogens is 1. The molecule has 1 rings (SSSR count). The quantitative estimate of drug-likeness (QED) is 0.653. The summed E-state index contributed by atoms with van der Waals surface area (Å²) in [5.74, 6) is -0.0770. The van der Waals surface area contributed by atoms with E-state index in [1.165, 1.54) is 0 Å². The molecule has 0 saturated carbocycles. The van der Waals surface area contributed by atoms with Crippen molar-refractivity contribution < 1.29 is 9.90 Å². The number of carbonyl (C=O) groups is 1. The molecule has 0 fully saturated rings. The van der Waals surface area contributed by atoms with Gasteiger partial charge in [0.1, 0.15) is 5.75 Å². The average Bonchev–Trinajstić information content (AvgIpc) is 2.06. The van der Waals surface area contributed by atoms with Gasteiger partial charge in [0.05, 0.1) is 9.89 Å². The zero-order chi connectivity index (χ0) is 10.9. The van der Waals surface area contributed by atoms with Crippen LogP contribution in [0.3, 0.4) is 0 Å². The molecule has 3 heteroatoms. The normalized spacial score (nSPS) is 11.4. The Hall–Kier alpha value is -0.830. The van der Waals surface area contributed by atoms with Crippen LogP contribution in [0.1, 0.15) is 29.8 Å². The van der Waals surface area contributed by atoms with E-state index in [0.717, 1.165) is 5.56 Å². The van der Waals surface area contributed by atoms with Crippen LogP contribution < -0.4 is 0 Å². The van der Waals surface area contributed by atoms with E-state index in [9.17, 15) is 9.90 Å². The Labute approximate surface area is 92.1 Å². The first-order valence-corrected chi connectivity index (χ1v) is 5.15. The molecule has 0 aromatic heterocycles. The smallest absolute Gasteiger partial charge is 0.182 e. The molecule has 0 heterocycles. The van der Waals surface area contributed by atoms with E-state index in [-0.39, 0.29) is 11.5 Å². The van der Waals surface area contributed by atoms with E-state index < -0.39 is 4.32 Å². The average molecular weight is 257 g/mol. The van der Waals surface area contributed by atoms with Crippen LogP contribution in [0, 0.1) is 6.92 Å². The van der Waals surface area contributed by atoms with Crippen LogP contribution in [0.2, 0.25) is 0 Å². The maximum Gasteiger partial charge on any atom is 0.182 e. The SMILES string of the molecule is Cc1ccc(O)c(C(=O)C(C)(C)Br)c1. The summed E-state index contributed by atoms with van der Waals surface area (Å²) in [5.41, 5.74) is 1.33. The third-order valence-corrected chi connectivity index (χ3v) is 2.30. The Morgan fingerprint density at radius 1 is 1.43 bits per heavy atom. The van der Waals surface area contributed by atoms with Crippen LogP contribution in [0.15, 0.2) is 18.2 Å². The fourth-order valence-corrected chi connectivity index (χ4v) is 1.37. The summed E-state index contributed by atoms with van der Waals surface area (Å²) in [6.07, 6.45) is 0. The summed E-state index contributed by atoms with van der Waals surface area (Å²) in [5, 5.41) is 9.53. The van der Waals surface area contributed by atoms with Gasteiger partial charge >= 0.3 is 0 Å². The summed E-state index contributed by atoms with van der Waals surface area (Å²) in [4.78, 5) is 11.8. The summed E-state index contributed by atoms with van der Waals surface area (Å²) < 4.78 is -0.641. The van der Waals surface area contributed by atoms with Gasteiger partial charge < -0.3 is 5.11 Å². The second kappa shape index (κ2) is 3.73. The zero-order valence-corrected chi connectivity index (χ0v) is 10.1. The molecule has 0 spiro atoms. The minimum absolute atomic E-state index is 0.0353. The van der Waals surface area contributed by atoms with Crippen LogP contribution in [0.25, 0.3) is 0 Å². The number of hydrogen-bond acceptors (Lipinski definition) is 2. The molecule has 76 valence electrons. The van der Waals surface area contributed by atoms with Crippen molar-refractivity contribution in [1.29, 1.82) is 0 Å². The van der Waals surface area contributed by atoms with Crippen molar-refractivity contribution in [1.82, 2.24) is 0 Å². The Morgan fingerprint density at radius 2 is 2.00 bits per heavy atom. The van der Waals surface area contributed by atoms with Crippen LogP contribution in [-0.4, -0.2) is 15.2 Å². The van der Waals surface area contributed by atoms with Gasteiger partial charge in [0.25, 0.3) is 0 Å². The molecular weight excluding hydrogens is 244 g/mol. The van der Waals surface area contributed by atoms with Crippen molar-refractivity contribution in [2.24, 2.45) is 0 Å². The van der Waals surface area contributed by atoms with Gasteiger partial charge in [-0.15, -0.1) is 0 Å². The molecule has 0 saturated heterocycles. The number of Topliss-reactive ketones (excluding diaryl/α,β-unsaturated/α-hetero) is 1. The molecule has 0 aliphatic heterocycles. The third kappa shape index (κ3) is 2.35. The lowest BCUT2D eigenvalue weighted by atomic mass is 9.98. The van der Waals surface area contributed by atoms with Crippen LogP contribution in [0.5, 0.6) is 5.75 Å². The van der Waals surface area contributed by atoms with Gasteiger partial charge in [-0.1, -0.05) is 27.6 Å². The second-order valence-electron chi connectivity index (χ2n) is 3.82. The molecule has 14 heavy (non-hydrogen) atoms. The molecule has 0 atom stereocenters. The molecule has 0 aliphatic rings. The van der Waals surface area contributed by atoms with Crippen molar-refractivity contribution in [2.45, 2.75) is 25.1 Å². The summed E-state index contributed by atoms with van der Waals surface area (Å²) in [6.45, 7) is 5.41. The number of benzene rings is 1. The number of alkyl halides is 1. The summed E-state index contributed by atoms with van der Waals surface area (Å²) in [6, 6.07) is 5.01. The van der Waals surface area contributed by atoms with Crippen molar-refractivity contribution in [3.05, 3.63) is 29.3 Å². The number of phenolic OH excluding ortho intramolecular Hbond substituents is 1. The fourth-order valence-electron chi connectivity index (χ4n) is 1.15. The van der Waals surface area contributed by atoms with Gasteiger partial charge in [-0.05, 0) is 32.9 Å². The van der Waals surface area contributed by atoms with E-state index in [4.69, 9.17) is 0 Å². The van der Waals surface area contributed by atoms with Crippen molar-refractivity contribution in [3.63, 3.8) is 0 Å². The number of rotatable bonds is 2. The Bertz CT molecular complexity index is 364. The zero-order valence-electron chi connectivity index (χ0n) is 8.47. The highest BCUT2D eigenvalue weighted by Gasteiger charge is 2.27. The summed E-state index contributed by atoms with van der Waals surface area (Å²) in [7, 11) is 0. The van der Waals surface area contributed by atoms with E-state index in [0.29, 0.717) is 5.56 Å². The molecule has 1 aromatic rings. The van der Waals surface area contributed by atoms with Gasteiger partial charge in [0, 0.05) is 0 Å². The van der Waals surface area contributed by atoms with E-state index in [1.807, 2.05) is 6.92 Å². The van der Waals surface area contributed by atoms with Gasteiger partial charge in [-0.2, -0.15) is 0 Å². The van der Waals surface area contributed by atoms with Gasteiger partial charge in [-0.3, -0.25) is 4.79 Å². The number of aromatic hydroxyl groups is 1. The first-order chi connectivity index (χ1) is 6.32. The van der Waals surface area contributed by atoms with Gasteiger partial charge in [0.2, 0.25) is 0 Å². The predicted octanol–water partition coefficient (Wildman–Crippen LogP) is 3.06. The lowest BCUT2D eigenvalue weighted by Crippen LogP contribution is -2.24. The Morgan fingerprint density at radius 3 is 2.50 bits per heavy atom. The summed E-state index contributed by atoms with van der Waals surface area (Å²) >= 11 is 3.28. The van der Waals surface area contributed by atoms with Crippen LogP contribution in [0.4, 0.5) is 0 Å². The largest absolute Gasteiger partial charge is 0.507 e. The number of ketones is 1. The first kappa shape index (κ1) is 11.2. The van der Waals surface area contributed by atoms with E-state index in [2.05, 4.69) is 15.9 Å². The fraction of sp³-hybridized carbons (Fsp3) is 0.364. The minimum Gasteiger partial charge on any atom is -0.507 e. The molecular formula is C11H13BrO2. The Balaban J connectivity index is 3.19.